The van der Waals surface area contributed by atoms with E-state index in [2.05, 4.69) is 5.32 Å². The molecule has 1 unspecified atom stereocenters. The van der Waals surface area contributed by atoms with Crippen molar-refractivity contribution >= 4 is 29.1 Å². The molecule has 1 aromatic carbocycles. The lowest BCUT2D eigenvalue weighted by atomic mass is 10.1. The van der Waals surface area contributed by atoms with E-state index in [0.717, 1.165) is 25.0 Å². The number of hydrogen-bond acceptors (Lipinski definition) is 2. The zero-order chi connectivity index (χ0) is 13.0. The van der Waals surface area contributed by atoms with Gasteiger partial charge in [-0.15, -0.1) is 0 Å². The summed E-state index contributed by atoms with van der Waals surface area (Å²) in [5, 5.41) is 3.95. The van der Waals surface area contributed by atoms with Gasteiger partial charge in [0.15, 0.2) is 0 Å². The SMILES string of the molecule is O=C(Cc1ccc(Cl)cc1Cl)NCC1CCCO1. The number of halogens is 2. The van der Waals surface area contributed by atoms with Crippen LogP contribution in [0, 0.1) is 0 Å². The topological polar surface area (TPSA) is 38.3 Å². The fraction of sp³-hybridized carbons (Fsp3) is 0.462. The summed E-state index contributed by atoms with van der Waals surface area (Å²) in [6.45, 7) is 1.37. The Morgan fingerprint density at radius 2 is 2.28 bits per heavy atom. The highest BCUT2D eigenvalue weighted by molar-refractivity contribution is 6.35. The average Bonchev–Trinajstić information content (AvgIpc) is 2.83. The van der Waals surface area contributed by atoms with Crippen LogP contribution in [0.1, 0.15) is 18.4 Å². The Balaban J connectivity index is 1.82. The van der Waals surface area contributed by atoms with Gasteiger partial charge in [-0.3, -0.25) is 4.79 Å². The average molecular weight is 288 g/mol. The van der Waals surface area contributed by atoms with E-state index in [1.54, 1.807) is 18.2 Å². The minimum atomic E-state index is -0.0466. The zero-order valence-electron chi connectivity index (χ0n) is 9.92. The van der Waals surface area contributed by atoms with Crippen LogP contribution < -0.4 is 5.32 Å². The van der Waals surface area contributed by atoms with Gasteiger partial charge < -0.3 is 10.1 Å². The summed E-state index contributed by atoms with van der Waals surface area (Å²) in [4.78, 5) is 11.7. The van der Waals surface area contributed by atoms with Gasteiger partial charge in [0, 0.05) is 23.2 Å². The number of carbonyl (C=O) groups is 1. The predicted molar refractivity (Wildman–Crippen MR) is 72.1 cm³/mol. The summed E-state index contributed by atoms with van der Waals surface area (Å²) in [5.41, 5.74) is 0.783. The maximum absolute atomic E-state index is 11.7. The molecule has 0 aromatic heterocycles. The summed E-state index contributed by atoms with van der Waals surface area (Å²) < 4.78 is 5.43. The zero-order valence-corrected chi connectivity index (χ0v) is 11.4. The lowest BCUT2D eigenvalue weighted by Crippen LogP contribution is -2.32. The maximum Gasteiger partial charge on any atom is 0.224 e. The smallest absolute Gasteiger partial charge is 0.224 e. The van der Waals surface area contributed by atoms with Crippen molar-refractivity contribution in [3.8, 4) is 0 Å². The second-order valence-corrected chi connectivity index (χ2v) is 5.20. The van der Waals surface area contributed by atoms with E-state index in [0.29, 0.717) is 16.6 Å². The Morgan fingerprint density at radius 3 is 2.94 bits per heavy atom. The van der Waals surface area contributed by atoms with Gasteiger partial charge in [-0.25, -0.2) is 0 Å². The molecule has 1 amide bonds. The highest BCUT2D eigenvalue weighted by atomic mass is 35.5. The van der Waals surface area contributed by atoms with E-state index >= 15 is 0 Å². The van der Waals surface area contributed by atoms with E-state index in [1.807, 2.05) is 0 Å². The summed E-state index contributed by atoms with van der Waals surface area (Å²) >= 11 is 11.8. The van der Waals surface area contributed by atoms with Gasteiger partial charge in [-0.05, 0) is 30.5 Å². The number of nitrogens with one attached hydrogen (secondary N) is 1. The molecule has 1 N–H and O–H groups in total. The first-order valence-electron chi connectivity index (χ1n) is 5.97. The lowest BCUT2D eigenvalue weighted by Gasteiger charge is -2.11. The molecule has 18 heavy (non-hydrogen) atoms. The Kier molecular flexibility index (Phi) is 4.87. The molecule has 0 saturated carbocycles. The van der Waals surface area contributed by atoms with Crippen molar-refractivity contribution in [2.45, 2.75) is 25.4 Å². The number of ether oxygens (including phenoxy) is 1. The highest BCUT2D eigenvalue weighted by Gasteiger charge is 2.16. The van der Waals surface area contributed by atoms with Crippen LogP contribution in [-0.2, 0) is 16.0 Å². The van der Waals surface area contributed by atoms with Gasteiger partial charge in [0.1, 0.15) is 0 Å². The van der Waals surface area contributed by atoms with E-state index in [9.17, 15) is 4.79 Å². The quantitative estimate of drug-likeness (QED) is 0.925. The van der Waals surface area contributed by atoms with Crippen LogP contribution >= 0.6 is 23.2 Å². The van der Waals surface area contributed by atoms with Crippen LogP contribution in [-0.4, -0.2) is 25.2 Å². The highest BCUT2D eigenvalue weighted by Crippen LogP contribution is 2.21. The molecule has 0 aliphatic carbocycles. The first-order valence-corrected chi connectivity index (χ1v) is 6.73. The third-order valence-corrected chi connectivity index (χ3v) is 3.50. The number of benzene rings is 1. The van der Waals surface area contributed by atoms with E-state index < -0.39 is 0 Å². The van der Waals surface area contributed by atoms with Gasteiger partial charge in [0.05, 0.1) is 12.5 Å². The molecular weight excluding hydrogens is 273 g/mol. The second-order valence-electron chi connectivity index (χ2n) is 4.35. The summed E-state index contributed by atoms with van der Waals surface area (Å²) in [7, 11) is 0. The number of amides is 1. The van der Waals surface area contributed by atoms with Crippen LogP contribution in [0.5, 0.6) is 0 Å². The van der Waals surface area contributed by atoms with Crippen LogP contribution in [0.4, 0.5) is 0 Å². The molecule has 1 heterocycles. The fourth-order valence-electron chi connectivity index (χ4n) is 1.93. The third kappa shape index (κ3) is 3.87. The molecule has 5 heteroatoms. The number of carbonyl (C=O) groups excluding carboxylic acids is 1. The van der Waals surface area contributed by atoms with Crippen LogP contribution in [0.2, 0.25) is 10.0 Å². The predicted octanol–water partition coefficient (Wildman–Crippen LogP) is 2.83. The molecule has 1 atom stereocenters. The Labute approximate surface area is 116 Å². The van der Waals surface area contributed by atoms with Crippen molar-refractivity contribution < 1.29 is 9.53 Å². The van der Waals surface area contributed by atoms with E-state index in [4.69, 9.17) is 27.9 Å². The molecule has 0 bridgehead atoms. The molecule has 1 saturated heterocycles. The van der Waals surface area contributed by atoms with Gasteiger partial charge in [0.25, 0.3) is 0 Å². The molecule has 1 aliphatic heterocycles. The van der Waals surface area contributed by atoms with Crippen LogP contribution in [0.3, 0.4) is 0 Å². The van der Waals surface area contributed by atoms with Crippen molar-refractivity contribution in [2.24, 2.45) is 0 Å². The molecule has 1 aromatic rings. The fourth-order valence-corrected chi connectivity index (χ4v) is 2.41. The largest absolute Gasteiger partial charge is 0.376 e. The van der Waals surface area contributed by atoms with Crippen molar-refractivity contribution in [3.63, 3.8) is 0 Å². The second kappa shape index (κ2) is 6.41. The number of rotatable bonds is 4. The first-order chi connectivity index (χ1) is 8.65. The lowest BCUT2D eigenvalue weighted by molar-refractivity contribution is -0.120. The van der Waals surface area contributed by atoms with Gasteiger partial charge in [-0.1, -0.05) is 29.3 Å². The first kappa shape index (κ1) is 13.7. The van der Waals surface area contributed by atoms with Crippen molar-refractivity contribution in [1.29, 1.82) is 0 Å². The number of hydrogen-bond donors (Lipinski definition) is 1. The van der Waals surface area contributed by atoms with Gasteiger partial charge in [-0.2, -0.15) is 0 Å². The Morgan fingerprint density at radius 1 is 1.44 bits per heavy atom. The standard InChI is InChI=1S/C13H15Cl2NO2/c14-10-4-3-9(12(15)7-10)6-13(17)16-8-11-2-1-5-18-11/h3-4,7,11H,1-2,5-6,8H2,(H,16,17). The van der Waals surface area contributed by atoms with Crippen LogP contribution in [0.15, 0.2) is 18.2 Å². The minimum Gasteiger partial charge on any atom is -0.376 e. The van der Waals surface area contributed by atoms with Crippen molar-refractivity contribution in [2.75, 3.05) is 13.2 Å². The van der Waals surface area contributed by atoms with Crippen LogP contribution in [0.25, 0.3) is 0 Å². The molecule has 1 fully saturated rings. The molecular formula is C13H15Cl2NO2. The van der Waals surface area contributed by atoms with Gasteiger partial charge >= 0.3 is 0 Å². The molecule has 0 spiro atoms. The van der Waals surface area contributed by atoms with Crippen molar-refractivity contribution in [3.05, 3.63) is 33.8 Å². The minimum absolute atomic E-state index is 0.0466. The Hall–Kier alpha value is -0.770. The maximum atomic E-state index is 11.7. The van der Waals surface area contributed by atoms with E-state index in [1.165, 1.54) is 0 Å². The molecule has 98 valence electrons. The molecule has 3 nitrogen and oxygen atoms in total. The van der Waals surface area contributed by atoms with Crippen molar-refractivity contribution in [1.82, 2.24) is 5.32 Å². The summed E-state index contributed by atoms with van der Waals surface area (Å²) in [6, 6.07) is 5.15. The summed E-state index contributed by atoms with van der Waals surface area (Å²) in [5.74, 6) is -0.0466. The molecule has 1 aliphatic rings. The van der Waals surface area contributed by atoms with E-state index in [-0.39, 0.29) is 18.4 Å². The monoisotopic (exact) mass is 287 g/mol. The molecule has 2 rings (SSSR count). The summed E-state index contributed by atoms with van der Waals surface area (Å²) in [6.07, 6.45) is 2.52. The normalized spacial score (nSPS) is 18.9. The van der Waals surface area contributed by atoms with Gasteiger partial charge in [0.2, 0.25) is 5.91 Å². The third-order valence-electron chi connectivity index (χ3n) is 2.92. The molecule has 0 radical (unpaired) electrons. The Bertz CT molecular complexity index is 431.